The van der Waals surface area contributed by atoms with Crippen molar-refractivity contribution in [2.45, 2.75) is 12.5 Å². The fraction of sp³-hybridized carbons (Fsp3) is 0.556. The van der Waals surface area contributed by atoms with E-state index in [9.17, 15) is 9.59 Å². The second kappa shape index (κ2) is 9.75. The highest BCUT2D eigenvalue weighted by Crippen LogP contribution is 2.19. The third-order valence-electron chi connectivity index (χ3n) is 4.77. The molecular formula is C18H26ClN3O4. The van der Waals surface area contributed by atoms with Gasteiger partial charge in [-0.05, 0) is 18.6 Å². The molecule has 3 rings (SSSR count). The van der Waals surface area contributed by atoms with E-state index < -0.39 is 0 Å². The van der Waals surface area contributed by atoms with E-state index in [-0.39, 0.29) is 30.3 Å². The van der Waals surface area contributed by atoms with E-state index in [1.807, 2.05) is 11.0 Å². The maximum atomic E-state index is 12.6. The Morgan fingerprint density at radius 3 is 2.73 bits per heavy atom. The first-order valence-corrected chi connectivity index (χ1v) is 8.72. The average Bonchev–Trinajstić information content (AvgIpc) is 3.03. The van der Waals surface area contributed by atoms with E-state index in [1.54, 1.807) is 25.3 Å². The fourth-order valence-corrected chi connectivity index (χ4v) is 3.40. The average molecular weight is 384 g/mol. The second-order valence-electron chi connectivity index (χ2n) is 6.23. The smallest absolute Gasteiger partial charge is 0.255 e. The van der Waals surface area contributed by atoms with Crippen molar-refractivity contribution in [3.63, 3.8) is 0 Å². The van der Waals surface area contributed by atoms with Crippen LogP contribution in [-0.2, 0) is 9.53 Å². The molecule has 1 N–H and O–H groups in total. The summed E-state index contributed by atoms with van der Waals surface area (Å²) in [5.41, 5.74) is 0.504. The number of rotatable bonds is 6. The number of benzene rings is 1. The number of amides is 2. The molecule has 0 aliphatic carbocycles. The van der Waals surface area contributed by atoms with Crippen LogP contribution in [0.3, 0.4) is 0 Å². The van der Waals surface area contributed by atoms with Crippen LogP contribution >= 0.6 is 12.4 Å². The summed E-state index contributed by atoms with van der Waals surface area (Å²) in [4.78, 5) is 28.9. The second-order valence-corrected chi connectivity index (χ2v) is 6.23. The van der Waals surface area contributed by atoms with Gasteiger partial charge >= 0.3 is 0 Å². The number of likely N-dealkylation sites (tertiary alicyclic amines) is 1. The molecule has 8 heteroatoms. The third-order valence-corrected chi connectivity index (χ3v) is 4.77. The minimum Gasteiger partial charge on any atom is -0.496 e. The normalized spacial score (nSPS) is 20.6. The number of morpholine rings is 1. The van der Waals surface area contributed by atoms with Gasteiger partial charge in [-0.1, -0.05) is 12.1 Å². The van der Waals surface area contributed by atoms with Crippen LogP contribution in [0.1, 0.15) is 16.8 Å². The molecule has 0 spiro atoms. The largest absolute Gasteiger partial charge is 0.496 e. The summed E-state index contributed by atoms with van der Waals surface area (Å²) in [7, 11) is 1.54. The number of carbonyl (C=O) groups excluding carboxylic acids is 2. The molecule has 1 unspecified atom stereocenters. The summed E-state index contributed by atoms with van der Waals surface area (Å²) in [6.07, 6.45) is 0.847. The molecule has 2 saturated heterocycles. The number of carbonyl (C=O) groups is 2. The van der Waals surface area contributed by atoms with Gasteiger partial charge in [-0.25, -0.2) is 0 Å². The summed E-state index contributed by atoms with van der Waals surface area (Å²) in [6.45, 7) is 4.71. The molecule has 26 heavy (non-hydrogen) atoms. The summed E-state index contributed by atoms with van der Waals surface area (Å²) in [5, 5.41) is 2.87. The highest BCUT2D eigenvalue weighted by Gasteiger charge is 2.36. The van der Waals surface area contributed by atoms with Crippen molar-refractivity contribution >= 4 is 24.2 Å². The highest BCUT2D eigenvalue weighted by atomic mass is 35.5. The van der Waals surface area contributed by atoms with E-state index in [0.29, 0.717) is 37.6 Å². The van der Waals surface area contributed by atoms with Gasteiger partial charge in [0.05, 0.1) is 31.9 Å². The molecule has 2 amide bonds. The van der Waals surface area contributed by atoms with Gasteiger partial charge in [0.25, 0.3) is 5.91 Å². The minimum absolute atomic E-state index is 0. The molecule has 1 atom stereocenters. The number of para-hydroxylation sites is 1. The lowest BCUT2D eigenvalue weighted by Crippen LogP contribution is -2.48. The van der Waals surface area contributed by atoms with Crippen LogP contribution in [-0.4, -0.2) is 80.7 Å². The van der Waals surface area contributed by atoms with Gasteiger partial charge in [0.1, 0.15) is 5.75 Å². The van der Waals surface area contributed by atoms with Crippen LogP contribution in [0.15, 0.2) is 24.3 Å². The highest BCUT2D eigenvalue weighted by molar-refractivity contribution is 5.96. The van der Waals surface area contributed by atoms with Gasteiger partial charge in [0, 0.05) is 32.7 Å². The van der Waals surface area contributed by atoms with Crippen molar-refractivity contribution in [2.75, 3.05) is 53.0 Å². The SMILES string of the molecule is COc1ccccc1C(=O)NCCN1CCC(N2CCOCC2)C1=O.Cl. The van der Waals surface area contributed by atoms with E-state index >= 15 is 0 Å². The van der Waals surface area contributed by atoms with E-state index in [0.717, 1.165) is 26.1 Å². The van der Waals surface area contributed by atoms with Gasteiger partial charge < -0.3 is 19.7 Å². The minimum atomic E-state index is -0.186. The number of nitrogens with one attached hydrogen (secondary N) is 1. The maximum Gasteiger partial charge on any atom is 0.255 e. The molecule has 1 aromatic rings. The molecule has 2 aliphatic heterocycles. The summed E-state index contributed by atoms with van der Waals surface area (Å²) >= 11 is 0. The molecule has 0 saturated carbocycles. The fourth-order valence-electron chi connectivity index (χ4n) is 3.40. The van der Waals surface area contributed by atoms with Crippen LogP contribution in [0.4, 0.5) is 0 Å². The molecular weight excluding hydrogens is 358 g/mol. The van der Waals surface area contributed by atoms with Crippen LogP contribution in [0.25, 0.3) is 0 Å². The first kappa shape index (κ1) is 20.5. The molecule has 0 bridgehead atoms. The zero-order valence-corrected chi connectivity index (χ0v) is 15.8. The zero-order chi connectivity index (χ0) is 17.6. The number of hydrogen-bond donors (Lipinski definition) is 1. The topological polar surface area (TPSA) is 71.1 Å². The first-order chi connectivity index (χ1) is 12.2. The molecule has 0 aromatic heterocycles. The molecule has 2 heterocycles. The quantitative estimate of drug-likeness (QED) is 0.786. The monoisotopic (exact) mass is 383 g/mol. The van der Waals surface area contributed by atoms with Crippen molar-refractivity contribution in [1.82, 2.24) is 15.1 Å². The molecule has 7 nitrogen and oxygen atoms in total. The van der Waals surface area contributed by atoms with Crippen LogP contribution in [0.2, 0.25) is 0 Å². The number of methoxy groups -OCH3 is 1. The predicted molar refractivity (Wildman–Crippen MR) is 100.0 cm³/mol. The van der Waals surface area contributed by atoms with Crippen LogP contribution in [0.5, 0.6) is 5.75 Å². The third kappa shape index (κ3) is 4.66. The van der Waals surface area contributed by atoms with Crippen molar-refractivity contribution < 1.29 is 19.1 Å². The Bertz CT molecular complexity index is 622. The van der Waals surface area contributed by atoms with Crippen molar-refractivity contribution in [3.8, 4) is 5.75 Å². The molecule has 2 fully saturated rings. The lowest BCUT2D eigenvalue weighted by atomic mass is 10.2. The van der Waals surface area contributed by atoms with E-state index in [1.165, 1.54) is 0 Å². The Hall–Kier alpha value is -1.83. The Morgan fingerprint density at radius 1 is 1.27 bits per heavy atom. The van der Waals surface area contributed by atoms with Crippen molar-refractivity contribution in [1.29, 1.82) is 0 Å². The van der Waals surface area contributed by atoms with Gasteiger partial charge in [0.15, 0.2) is 0 Å². The first-order valence-electron chi connectivity index (χ1n) is 8.72. The Morgan fingerprint density at radius 2 is 2.00 bits per heavy atom. The number of nitrogens with zero attached hydrogens (tertiary/aromatic N) is 2. The lowest BCUT2D eigenvalue weighted by molar-refractivity contribution is -0.133. The van der Waals surface area contributed by atoms with Gasteiger partial charge in [-0.3, -0.25) is 14.5 Å². The molecule has 144 valence electrons. The van der Waals surface area contributed by atoms with Crippen LogP contribution < -0.4 is 10.1 Å². The molecule has 1 aromatic carbocycles. The number of ether oxygens (including phenoxy) is 2. The Labute approximate surface area is 160 Å². The van der Waals surface area contributed by atoms with Gasteiger partial charge in [-0.2, -0.15) is 0 Å². The zero-order valence-electron chi connectivity index (χ0n) is 15.0. The standard InChI is InChI=1S/C18H25N3O4.ClH/c1-24-16-5-3-2-4-14(16)17(22)19-7-9-21-8-6-15(18(21)23)20-10-12-25-13-11-20;/h2-5,15H,6-13H2,1H3,(H,19,22);1H. The number of halogens is 1. The number of hydrogen-bond acceptors (Lipinski definition) is 5. The Balaban J connectivity index is 0.00000243. The maximum absolute atomic E-state index is 12.6. The van der Waals surface area contributed by atoms with Crippen molar-refractivity contribution in [3.05, 3.63) is 29.8 Å². The van der Waals surface area contributed by atoms with Gasteiger partial charge in [-0.15, -0.1) is 12.4 Å². The summed E-state index contributed by atoms with van der Waals surface area (Å²) in [5.74, 6) is 0.520. The molecule has 0 radical (unpaired) electrons. The summed E-state index contributed by atoms with van der Waals surface area (Å²) < 4.78 is 10.6. The van der Waals surface area contributed by atoms with Gasteiger partial charge in [0.2, 0.25) is 5.91 Å². The molecule has 2 aliphatic rings. The Kier molecular flexibility index (Phi) is 7.68. The van der Waals surface area contributed by atoms with E-state index in [4.69, 9.17) is 9.47 Å². The van der Waals surface area contributed by atoms with Crippen molar-refractivity contribution in [2.24, 2.45) is 0 Å². The van der Waals surface area contributed by atoms with Crippen LogP contribution in [0, 0.1) is 0 Å². The predicted octanol–water partition coefficient (Wildman–Crippen LogP) is 0.780. The van der Waals surface area contributed by atoms with E-state index in [2.05, 4.69) is 10.2 Å². The summed E-state index contributed by atoms with van der Waals surface area (Å²) in [6, 6.07) is 7.07. The lowest BCUT2D eigenvalue weighted by Gasteiger charge is -2.31.